The zero-order chi connectivity index (χ0) is 19.7. The van der Waals surface area contributed by atoms with Crippen LogP contribution in [0.4, 0.5) is 13.2 Å². The molecule has 5 nitrogen and oxygen atoms in total. The molecule has 1 aliphatic heterocycles. The normalized spacial score (nSPS) is 20.5. The zero-order valence-electron chi connectivity index (χ0n) is 14.0. The summed E-state index contributed by atoms with van der Waals surface area (Å²) in [5, 5.41) is 14.3. The molecule has 1 N–H and O–H groups in total. The topological polar surface area (TPSA) is 62.1 Å². The number of hydrazone groups is 1. The van der Waals surface area contributed by atoms with Gasteiger partial charge in [0.25, 0.3) is 11.6 Å². The van der Waals surface area contributed by atoms with Gasteiger partial charge in [-0.25, -0.2) is 0 Å². The number of alkyl halides is 3. The molecule has 144 valence electrons. The third-order valence-corrected chi connectivity index (χ3v) is 4.15. The van der Waals surface area contributed by atoms with Gasteiger partial charge >= 0.3 is 6.18 Å². The molecular formula is C16H17Cl2F3N2O3. The van der Waals surface area contributed by atoms with Gasteiger partial charge in [0.1, 0.15) is 5.75 Å². The Morgan fingerprint density at radius 3 is 2.62 bits per heavy atom. The maximum atomic E-state index is 13.3. The minimum Gasteiger partial charge on any atom is -0.482 e. The summed E-state index contributed by atoms with van der Waals surface area (Å²) in [7, 11) is 0. The molecule has 1 heterocycles. The van der Waals surface area contributed by atoms with E-state index in [0.29, 0.717) is 5.02 Å². The summed E-state index contributed by atoms with van der Waals surface area (Å²) in [4.78, 5) is 12.3. The number of hydrogen-bond acceptors (Lipinski definition) is 4. The van der Waals surface area contributed by atoms with Gasteiger partial charge in [-0.15, -0.1) is 0 Å². The van der Waals surface area contributed by atoms with Crippen molar-refractivity contribution in [2.24, 2.45) is 11.0 Å². The highest BCUT2D eigenvalue weighted by molar-refractivity contribution is 6.35. The summed E-state index contributed by atoms with van der Waals surface area (Å²) in [5.74, 6) is -1.05. The molecule has 26 heavy (non-hydrogen) atoms. The van der Waals surface area contributed by atoms with Crippen molar-refractivity contribution in [1.29, 1.82) is 0 Å². The van der Waals surface area contributed by atoms with E-state index in [2.05, 4.69) is 5.10 Å². The molecule has 1 aromatic rings. The van der Waals surface area contributed by atoms with E-state index in [0.717, 1.165) is 0 Å². The number of benzene rings is 1. The molecule has 0 aromatic heterocycles. The lowest BCUT2D eigenvalue weighted by molar-refractivity contribution is -0.302. The van der Waals surface area contributed by atoms with E-state index in [1.54, 1.807) is 13.8 Å². The van der Waals surface area contributed by atoms with Crippen molar-refractivity contribution in [3.63, 3.8) is 0 Å². The lowest BCUT2D eigenvalue weighted by Gasteiger charge is -2.32. The summed E-state index contributed by atoms with van der Waals surface area (Å²) < 4.78 is 45.2. The SMILES string of the molecule is CC(C)CC1=NN(C(=O)COc2ccc(Cl)cc2Cl)[C@@](O)(C(F)(F)F)C1. The van der Waals surface area contributed by atoms with Gasteiger partial charge in [0, 0.05) is 17.2 Å². The van der Waals surface area contributed by atoms with Crippen LogP contribution in [-0.4, -0.2) is 40.2 Å². The first kappa shape index (κ1) is 20.8. The molecule has 0 bridgehead atoms. The van der Waals surface area contributed by atoms with Crippen LogP contribution in [0.25, 0.3) is 0 Å². The maximum absolute atomic E-state index is 13.3. The molecule has 1 aliphatic rings. The van der Waals surface area contributed by atoms with Crippen LogP contribution < -0.4 is 4.74 Å². The summed E-state index contributed by atoms with van der Waals surface area (Å²) in [6.45, 7) is 2.81. The van der Waals surface area contributed by atoms with Gasteiger partial charge in [-0.2, -0.15) is 23.3 Å². The van der Waals surface area contributed by atoms with Gasteiger partial charge in [0.2, 0.25) is 0 Å². The standard InChI is InChI=1S/C16H17Cl2F3N2O3/c1-9(2)5-11-7-15(25,16(19,20)21)23(22-11)14(24)8-26-13-4-3-10(17)6-12(13)18/h3-4,6,9,25H,5,7-8H2,1-2H3/t15-/m0/s1. The highest BCUT2D eigenvalue weighted by Gasteiger charge is 2.63. The second-order valence-electron chi connectivity index (χ2n) is 6.32. The Morgan fingerprint density at radius 2 is 2.08 bits per heavy atom. The summed E-state index contributed by atoms with van der Waals surface area (Å²) in [6.07, 6.45) is -5.63. The lowest BCUT2D eigenvalue weighted by Crippen LogP contribution is -2.57. The third-order valence-electron chi connectivity index (χ3n) is 3.62. The van der Waals surface area contributed by atoms with Crippen molar-refractivity contribution in [1.82, 2.24) is 5.01 Å². The summed E-state index contributed by atoms with van der Waals surface area (Å²) in [5.41, 5.74) is -3.29. The Labute approximate surface area is 158 Å². The molecule has 0 saturated carbocycles. The first-order chi connectivity index (χ1) is 11.9. The van der Waals surface area contributed by atoms with Crippen molar-refractivity contribution in [3.8, 4) is 5.75 Å². The van der Waals surface area contributed by atoms with Gasteiger partial charge in [0.15, 0.2) is 6.61 Å². The van der Waals surface area contributed by atoms with E-state index in [4.69, 9.17) is 27.9 Å². The predicted molar refractivity (Wildman–Crippen MR) is 91.3 cm³/mol. The van der Waals surface area contributed by atoms with E-state index >= 15 is 0 Å². The van der Waals surface area contributed by atoms with Gasteiger partial charge in [0.05, 0.1) is 5.02 Å². The molecule has 1 atom stereocenters. The van der Waals surface area contributed by atoms with Gasteiger partial charge < -0.3 is 9.84 Å². The highest BCUT2D eigenvalue weighted by atomic mass is 35.5. The number of hydrogen-bond donors (Lipinski definition) is 1. The second kappa shape index (κ2) is 7.62. The monoisotopic (exact) mass is 412 g/mol. The minimum atomic E-state index is -5.07. The highest BCUT2D eigenvalue weighted by Crippen LogP contribution is 2.41. The average molecular weight is 413 g/mol. The molecule has 1 amide bonds. The van der Waals surface area contributed by atoms with Gasteiger partial charge in [-0.05, 0) is 30.5 Å². The first-order valence-electron chi connectivity index (χ1n) is 7.70. The van der Waals surface area contributed by atoms with Crippen LogP contribution in [0.1, 0.15) is 26.7 Å². The van der Waals surface area contributed by atoms with Crippen LogP contribution in [0.3, 0.4) is 0 Å². The Morgan fingerprint density at radius 1 is 1.42 bits per heavy atom. The Kier molecular flexibility index (Phi) is 6.09. The van der Waals surface area contributed by atoms with E-state index in [1.165, 1.54) is 18.2 Å². The van der Waals surface area contributed by atoms with Gasteiger partial charge in [-0.1, -0.05) is 37.0 Å². The molecule has 0 unspecified atom stereocenters. The number of nitrogens with zero attached hydrogens (tertiary/aromatic N) is 2. The van der Waals surface area contributed by atoms with Crippen LogP contribution in [-0.2, 0) is 4.79 Å². The lowest BCUT2D eigenvalue weighted by atomic mass is 9.99. The Bertz CT molecular complexity index is 725. The molecule has 1 aromatic carbocycles. The van der Waals surface area contributed by atoms with Crippen molar-refractivity contribution < 1.29 is 27.8 Å². The quantitative estimate of drug-likeness (QED) is 0.785. The van der Waals surface area contributed by atoms with Crippen molar-refractivity contribution >= 4 is 34.8 Å². The summed E-state index contributed by atoms with van der Waals surface area (Å²) in [6, 6.07) is 4.20. The van der Waals surface area contributed by atoms with Crippen LogP contribution in [0, 0.1) is 5.92 Å². The predicted octanol–water partition coefficient (Wildman–Crippen LogP) is 4.26. The number of carbonyl (C=O) groups is 1. The maximum Gasteiger partial charge on any atom is 0.438 e. The van der Waals surface area contributed by atoms with Crippen LogP contribution in [0.5, 0.6) is 5.75 Å². The number of aliphatic hydroxyl groups is 1. The van der Waals surface area contributed by atoms with Crippen LogP contribution >= 0.6 is 23.2 Å². The minimum absolute atomic E-state index is 0.0189. The first-order valence-corrected chi connectivity index (χ1v) is 8.46. The molecule has 0 aliphatic carbocycles. The second-order valence-corrected chi connectivity index (χ2v) is 7.17. The largest absolute Gasteiger partial charge is 0.482 e. The van der Waals surface area contributed by atoms with E-state index in [9.17, 15) is 23.1 Å². The van der Waals surface area contributed by atoms with Gasteiger partial charge in [-0.3, -0.25) is 4.79 Å². The molecule has 0 saturated heterocycles. The van der Waals surface area contributed by atoms with E-state index in [1.807, 2.05) is 0 Å². The number of carbonyl (C=O) groups excluding carboxylic acids is 1. The molecule has 0 radical (unpaired) electrons. The van der Waals surface area contributed by atoms with Crippen LogP contribution in [0.15, 0.2) is 23.3 Å². The van der Waals surface area contributed by atoms with Crippen molar-refractivity contribution in [2.75, 3.05) is 6.61 Å². The number of ether oxygens (including phenoxy) is 1. The average Bonchev–Trinajstić information content (AvgIpc) is 2.83. The number of rotatable bonds is 5. The van der Waals surface area contributed by atoms with E-state index < -0.39 is 30.8 Å². The third kappa shape index (κ3) is 4.42. The fraction of sp³-hybridized carbons (Fsp3) is 0.500. The summed E-state index contributed by atoms with van der Waals surface area (Å²) >= 11 is 11.6. The van der Waals surface area contributed by atoms with Crippen LogP contribution in [0.2, 0.25) is 10.0 Å². The molecule has 0 fully saturated rings. The van der Waals surface area contributed by atoms with Crippen molar-refractivity contribution in [2.45, 2.75) is 38.6 Å². The molecule has 10 heteroatoms. The number of amides is 1. The molecule has 0 spiro atoms. The van der Waals surface area contributed by atoms with Crippen molar-refractivity contribution in [3.05, 3.63) is 28.2 Å². The fourth-order valence-electron chi connectivity index (χ4n) is 2.48. The van der Waals surface area contributed by atoms with E-state index in [-0.39, 0.29) is 33.8 Å². The Hall–Kier alpha value is -1.51. The molecular weight excluding hydrogens is 396 g/mol. The zero-order valence-corrected chi connectivity index (χ0v) is 15.5. The Balaban J connectivity index is 2.18. The molecule has 2 rings (SSSR count). The number of halogens is 5. The smallest absolute Gasteiger partial charge is 0.438 e. The fourth-order valence-corrected chi connectivity index (χ4v) is 2.94.